The first-order valence-electron chi connectivity index (χ1n) is 8.06. The van der Waals surface area contributed by atoms with Crippen molar-refractivity contribution in [3.8, 4) is 0 Å². The Morgan fingerprint density at radius 2 is 1.93 bits per heavy atom. The fraction of sp³-hybridized carbons (Fsp3) is 0.294. The molecule has 3 aliphatic rings. The van der Waals surface area contributed by atoms with Gasteiger partial charge in [-0.05, 0) is 25.1 Å². The van der Waals surface area contributed by atoms with E-state index in [1.54, 1.807) is 24.2 Å². The first-order valence-corrected chi connectivity index (χ1v) is 8.06. The summed E-state index contributed by atoms with van der Waals surface area (Å²) < 4.78 is 54.0. The molecule has 0 radical (unpaired) electrons. The summed E-state index contributed by atoms with van der Waals surface area (Å²) in [6.45, 7) is 2.06. The third-order valence-electron chi connectivity index (χ3n) is 4.40. The predicted octanol–water partition coefficient (Wildman–Crippen LogP) is 4.53. The molecule has 1 aromatic carbocycles. The van der Waals surface area contributed by atoms with E-state index in [1.165, 1.54) is 17.1 Å². The van der Waals surface area contributed by atoms with Gasteiger partial charge in [0.15, 0.2) is 5.82 Å². The van der Waals surface area contributed by atoms with E-state index in [0.29, 0.717) is 23.8 Å². The number of anilines is 1. The Morgan fingerprint density at radius 1 is 1.15 bits per heavy atom. The lowest BCUT2D eigenvalue weighted by Gasteiger charge is -2.37. The molecule has 0 aromatic heterocycles. The average Bonchev–Trinajstić information content (AvgIpc) is 3.03. The highest BCUT2D eigenvalue weighted by atomic mass is 19.4. The van der Waals surface area contributed by atoms with E-state index in [2.05, 4.69) is 10.2 Å². The molecule has 0 saturated carbocycles. The van der Waals surface area contributed by atoms with Gasteiger partial charge in [-0.15, -0.1) is 10.2 Å². The minimum Gasteiger partial charge on any atom is -0.299 e. The third kappa shape index (κ3) is 2.95. The molecule has 0 unspecified atom stereocenters. The zero-order valence-corrected chi connectivity index (χ0v) is 14.5. The Balaban J connectivity index is 1.83. The summed E-state index contributed by atoms with van der Waals surface area (Å²) in [4.78, 5) is 8.28. The molecule has 6 nitrogen and oxygen atoms in total. The minimum absolute atomic E-state index is 0.205. The molecule has 27 heavy (non-hydrogen) atoms. The summed E-state index contributed by atoms with van der Waals surface area (Å²) >= 11 is 0. The van der Waals surface area contributed by atoms with Gasteiger partial charge >= 0.3 is 6.18 Å². The number of azo groups is 1. The number of hydrogen-bond donors (Lipinski definition) is 0. The Labute approximate surface area is 152 Å². The van der Waals surface area contributed by atoms with Crippen LogP contribution in [0.5, 0.6) is 0 Å². The largest absolute Gasteiger partial charge is 0.416 e. The van der Waals surface area contributed by atoms with Gasteiger partial charge in [0.25, 0.3) is 0 Å². The molecule has 3 heterocycles. The normalized spacial score (nSPS) is 19.3. The van der Waals surface area contributed by atoms with Crippen LogP contribution in [0.25, 0.3) is 0 Å². The van der Waals surface area contributed by atoms with Gasteiger partial charge in [-0.3, -0.25) is 14.6 Å². The van der Waals surface area contributed by atoms with Crippen molar-refractivity contribution in [2.45, 2.75) is 19.5 Å². The number of fused-ring (bicyclic) bond motifs is 2. The van der Waals surface area contributed by atoms with Crippen LogP contribution in [0.1, 0.15) is 18.9 Å². The molecule has 0 aliphatic carbocycles. The number of rotatable bonds is 2. The maximum Gasteiger partial charge on any atom is 0.416 e. The van der Waals surface area contributed by atoms with Crippen molar-refractivity contribution in [2.75, 3.05) is 18.7 Å². The highest BCUT2D eigenvalue weighted by Crippen LogP contribution is 2.41. The molecule has 0 spiro atoms. The van der Waals surface area contributed by atoms with Crippen LogP contribution in [0.15, 0.2) is 63.7 Å². The molecule has 0 atom stereocenters. The van der Waals surface area contributed by atoms with Crippen LogP contribution in [0.2, 0.25) is 0 Å². The quantitative estimate of drug-likeness (QED) is 0.706. The standard InChI is InChI=1S/C17H15F4N5O/c1-10-5-13-16(26-9-24(27-2)8-15(26)23-22-13)25(7-10)14-6-11(17(19,20)21)3-4-12(14)18/h3-4,6-8H,5,9H2,1-2H3. The van der Waals surface area contributed by atoms with Crippen LogP contribution in [0.4, 0.5) is 23.2 Å². The summed E-state index contributed by atoms with van der Waals surface area (Å²) in [6.07, 6.45) is -0.886. The van der Waals surface area contributed by atoms with Gasteiger partial charge in [0.05, 0.1) is 24.6 Å². The molecule has 142 valence electrons. The predicted molar refractivity (Wildman–Crippen MR) is 87.8 cm³/mol. The molecule has 0 saturated heterocycles. The van der Waals surface area contributed by atoms with Crippen LogP contribution < -0.4 is 4.90 Å². The Kier molecular flexibility index (Phi) is 3.95. The minimum atomic E-state index is -4.58. The van der Waals surface area contributed by atoms with Crippen molar-refractivity contribution in [1.82, 2.24) is 9.96 Å². The summed E-state index contributed by atoms with van der Waals surface area (Å²) in [5, 5.41) is 9.79. The molecular formula is C17H15F4N5O. The highest BCUT2D eigenvalue weighted by Gasteiger charge is 2.37. The lowest BCUT2D eigenvalue weighted by Crippen LogP contribution is -2.37. The number of allylic oxidation sites excluding steroid dienone is 1. The van der Waals surface area contributed by atoms with Crippen molar-refractivity contribution < 1.29 is 22.4 Å². The molecular weight excluding hydrogens is 366 g/mol. The van der Waals surface area contributed by atoms with Crippen molar-refractivity contribution in [3.63, 3.8) is 0 Å². The fourth-order valence-electron chi connectivity index (χ4n) is 3.16. The van der Waals surface area contributed by atoms with Gasteiger partial charge < -0.3 is 0 Å². The monoisotopic (exact) mass is 381 g/mol. The first-order chi connectivity index (χ1) is 12.8. The maximum atomic E-state index is 14.5. The summed E-state index contributed by atoms with van der Waals surface area (Å²) in [5.41, 5.74) is 0.233. The Bertz CT molecular complexity index is 918. The second-order valence-electron chi connectivity index (χ2n) is 6.31. The molecule has 4 rings (SSSR count). The topological polar surface area (TPSA) is 43.7 Å². The van der Waals surface area contributed by atoms with Crippen molar-refractivity contribution in [2.24, 2.45) is 10.2 Å². The molecule has 3 aliphatic heterocycles. The SMILES string of the molecule is CON1C=C2N=NC3=C(N2C1)N(c1cc(C(F)(F)F)ccc1F)C=C(C)C3. The second kappa shape index (κ2) is 6.08. The van der Waals surface area contributed by atoms with Crippen LogP contribution in [-0.2, 0) is 11.0 Å². The van der Waals surface area contributed by atoms with E-state index >= 15 is 0 Å². The number of hydrogen-bond acceptors (Lipinski definition) is 6. The molecule has 0 fully saturated rings. The van der Waals surface area contributed by atoms with E-state index in [1.807, 2.05) is 0 Å². The van der Waals surface area contributed by atoms with Crippen molar-refractivity contribution in [1.29, 1.82) is 0 Å². The van der Waals surface area contributed by atoms with Gasteiger partial charge in [-0.25, -0.2) is 9.45 Å². The number of benzene rings is 1. The maximum absolute atomic E-state index is 14.5. The van der Waals surface area contributed by atoms with Crippen LogP contribution in [0, 0.1) is 5.82 Å². The van der Waals surface area contributed by atoms with E-state index in [9.17, 15) is 17.6 Å². The first kappa shape index (κ1) is 17.5. The van der Waals surface area contributed by atoms with Gasteiger partial charge in [0.1, 0.15) is 24.0 Å². The molecule has 0 bridgehead atoms. The Morgan fingerprint density at radius 3 is 2.63 bits per heavy atom. The van der Waals surface area contributed by atoms with E-state index < -0.39 is 17.6 Å². The number of alkyl halides is 3. The van der Waals surface area contributed by atoms with Gasteiger partial charge in [-0.2, -0.15) is 13.2 Å². The smallest absolute Gasteiger partial charge is 0.299 e. The summed E-state index contributed by atoms with van der Waals surface area (Å²) in [5.74, 6) is 0.150. The van der Waals surface area contributed by atoms with Crippen molar-refractivity contribution >= 4 is 5.69 Å². The third-order valence-corrected chi connectivity index (χ3v) is 4.40. The summed E-state index contributed by atoms with van der Waals surface area (Å²) in [6, 6.07) is 2.35. The van der Waals surface area contributed by atoms with Crippen LogP contribution >= 0.6 is 0 Å². The lowest BCUT2D eigenvalue weighted by atomic mass is 10.1. The van der Waals surface area contributed by atoms with Crippen LogP contribution in [0.3, 0.4) is 0 Å². The Hall–Kier alpha value is -2.88. The highest BCUT2D eigenvalue weighted by molar-refractivity contribution is 5.61. The van der Waals surface area contributed by atoms with Gasteiger partial charge in [-0.1, -0.05) is 5.57 Å². The number of nitrogens with zero attached hydrogens (tertiary/aromatic N) is 5. The number of hydroxylamine groups is 2. The van der Waals surface area contributed by atoms with Gasteiger partial charge in [0.2, 0.25) is 0 Å². The van der Waals surface area contributed by atoms with E-state index in [4.69, 9.17) is 4.84 Å². The molecule has 10 heteroatoms. The number of halogens is 4. The zero-order valence-electron chi connectivity index (χ0n) is 14.5. The second-order valence-corrected chi connectivity index (χ2v) is 6.31. The lowest BCUT2D eigenvalue weighted by molar-refractivity contribution is -0.137. The van der Waals surface area contributed by atoms with E-state index in [0.717, 1.165) is 23.8 Å². The fourth-order valence-corrected chi connectivity index (χ4v) is 3.16. The van der Waals surface area contributed by atoms with E-state index in [-0.39, 0.29) is 12.4 Å². The van der Waals surface area contributed by atoms with Crippen molar-refractivity contribution in [3.05, 3.63) is 64.9 Å². The average molecular weight is 381 g/mol. The van der Waals surface area contributed by atoms with Gasteiger partial charge in [0, 0.05) is 12.6 Å². The summed E-state index contributed by atoms with van der Waals surface area (Å²) in [7, 11) is 1.48. The zero-order chi connectivity index (χ0) is 19.3. The van der Waals surface area contributed by atoms with Crippen LogP contribution in [-0.4, -0.2) is 23.7 Å². The molecule has 0 N–H and O–H groups in total. The molecule has 1 aromatic rings. The molecule has 0 amide bonds.